The predicted octanol–water partition coefficient (Wildman–Crippen LogP) is 8.44. The Morgan fingerprint density at radius 3 is 2.09 bits per heavy atom. The number of benzene rings is 3. The molecule has 43 heavy (non-hydrogen) atoms. The zero-order chi connectivity index (χ0) is 30.8. The van der Waals surface area contributed by atoms with E-state index in [0.717, 1.165) is 23.1 Å². The Hall–Kier alpha value is -3.93. The van der Waals surface area contributed by atoms with Crippen LogP contribution in [0.5, 0.6) is 0 Å². The van der Waals surface area contributed by atoms with Crippen LogP contribution in [0.4, 0.5) is 5.69 Å². The molecule has 1 heterocycles. The maximum absolute atomic E-state index is 13.3. The topological polar surface area (TPSA) is 75.7 Å². The summed E-state index contributed by atoms with van der Waals surface area (Å²) in [5.41, 5.74) is 5.96. The van der Waals surface area contributed by atoms with E-state index < -0.39 is 12.0 Å². The molecule has 0 radical (unpaired) electrons. The van der Waals surface area contributed by atoms with Gasteiger partial charge in [-0.2, -0.15) is 0 Å². The summed E-state index contributed by atoms with van der Waals surface area (Å²) in [5.74, 6) is -0.761. The molecule has 3 aromatic carbocycles. The molecule has 1 aliphatic heterocycles. The van der Waals surface area contributed by atoms with E-state index in [2.05, 4.69) is 24.4 Å². The first-order chi connectivity index (χ1) is 20.8. The van der Waals surface area contributed by atoms with Crippen LogP contribution in [0.1, 0.15) is 104 Å². The van der Waals surface area contributed by atoms with Crippen molar-refractivity contribution in [2.24, 2.45) is 5.92 Å². The molecule has 2 amide bonds. The number of hydrogen-bond donors (Lipinski definition) is 1. The van der Waals surface area contributed by atoms with Gasteiger partial charge < -0.3 is 15.0 Å². The number of carbonyl (C=O) groups is 3. The molecule has 0 aliphatic carbocycles. The van der Waals surface area contributed by atoms with Crippen molar-refractivity contribution in [3.8, 4) is 11.1 Å². The van der Waals surface area contributed by atoms with Gasteiger partial charge in [0.25, 0.3) is 11.8 Å². The first-order valence-electron chi connectivity index (χ1n) is 15.8. The predicted molar refractivity (Wildman–Crippen MR) is 173 cm³/mol. The third kappa shape index (κ3) is 8.34. The average molecular weight is 583 g/mol. The van der Waals surface area contributed by atoms with Crippen LogP contribution in [-0.4, -0.2) is 35.8 Å². The number of hydrogen-bond acceptors (Lipinski definition) is 4. The number of nitrogens with one attached hydrogen (secondary N) is 1. The van der Waals surface area contributed by atoms with Gasteiger partial charge in [-0.3, -0.25) is 9.59 Å². The van der Waals surface area contributed by atoms with Crippen LogP contribution in [0.25, 0.3) is 11.1 Å². The molecular weight excluding hydrogens is 536 g/mol. The molecule has 1 aliphatic rings. The number of carbonyl (C=O) groups excluding carboxylic acids is 3. The van der Waals surface area contributed by atoms with Crippen LogP contribution in [0.15, 0.2) is 66.7 Å². The molecule has 6 nitrogen and oxygen atoms in total. The summed E-state index contributed by atoms with van der Waals surface area (Å²) in [6.45, 7) is 6.47. The van der Waals surface area contributed by atoms with Crippen molar-refractivity contribution in [1.82, 2.24) is 4.90 Å². The number of methoxy groups -OCH3 is 1. The van der Waals surface area contributed by atoms with Crippen LogP contribution in [-0.2, 0) is 22.5 Å². The Morgan fingerprint density at radius 1 is 0.837 bits per heavy atom. The van der Waals surface area contributed by atoms with Crippen molar-refractivity contribution in [2.75, 3.05) is 12.4 Å². The number of anilines is 1. The molecule has 0 aromatic heterocycles. The van der Waals surface area contributed by atoms with Gasteiger partial charge >= 0.3 is 5.97 Å². The maximum atomic E-state index is 13.3. The fourth-order valence-electron chi connectivity index (χ4n) is 5.84. The van der Waals surface area contributed by atoms with Gasteiger partial charge in [-0.05, 0) is 71.3 Å². The molecule has 0 spiro atoms. The number of esters is 1. The van der Waals surface area contributed by atoms with E-state index in [0.29, 0.717) is 23.4 Å². The number of aryl methyl sites for hydroxylation is 1. The number of amides is 2. The molecule has 0 saturated carbocycles. The largest absolute Gasteiger partial charge is 0.467 e. The van der Waals surface area contributed by atoms with Gasteiger partial charge in [0.1, 0.15) is 6.04 Å². The standard InChI is InChI=1S/C37H46N2O4/c1-5-6-7-8-9-10-11-12-13-27-14-16-29(17-15-27)35(40)38-32-22-20-28(21-23-32)30-18-19-31-25-39(36(41)33(31)24-30)34(26(2)3)37(42)43-4/h14-24,26,34H,5-13,25H2,1-4H3,(H,38,40)/t34-/m0/s1. The summed E-state index contributed by atoms with van der Waals surface area (Å²) in [7, 11) is 1.35. The van der Waals surface area contributed by atoms with Gasteiger partial charge in [-0.15, -0.1) is 0 Å². The van der Waals surface area contributed by atoms with Crippen molar-refractivity contribution < 1.29 is 19.1 Å². The molecule has 1 N–H and O–H groups in total. The van der Waals surface area contributed by atoms with Gasteiger partial charge in [0.05, 0.1) is 7.11 Å². The third-order valence-corrected chi connectivity index (χ3v) is 8.36. The van der Waals surface area contributed by atoms with E-state index in [1.165, 1.54) is 64.0 Å². The molecule has 228 valence electrons. The molecule has 1 atom stereocenters. The Morgan fingerprint density at radius 2 is 1.47 bits per heavy atom. The molecule has 0 fully saturated rings. The fourth-order valence-corrected chi connectivity index (χ4v) is 5.84. The van der Waals surface area contributed by atoms with Gasteiger partial charge in [-0.25, -0.2) is 4.79 Å². The minimum Gasteiger partial charge on any atom is -0.467 e. The highest BCUT2D eigenvalue weighted by molar-refractivity contribution is 6.04. The van der Waals surface area contributed by atoms with Gasteiger partial charge in [0.15, 0.2) is 0 Å². The second-order valence-corrected chi connectivity index (χ2v) is 12.0. The molecule has 0 unspecified atom stereocenters. The van der Waals surface area contributed by atoms with E-state index in [-0.39, 0.29) is 17.7 Å². The lowest BCUT2D eigenvalue weighted by Crippen LogP contribution is -2.45. The molecular formula is C37H46N2O4. The minimum atomic E-state index is -0.623. The van der Waals surface area contributed by atoms with Crippen LogP contribution in [0.2, 0.25) is 0 Å². The Balaban J connectivity index is 1.30. The summed E-state index contributed by atoms with van der Waals surface area (Å²) >= 11 is 0. The first kappa shape index (κ1) is 32.0. The van der Waals surface area contributed by atoms with Crippen molar-refractivity contribution >= 4 is 23.5 Å². The smallest absolute Gasteiger partial charge is 0.328 e. The summed E-state index contributed by atoms with van der Waals surface area (Å²) in [6.07, 6.45) is 11.5. The zero-order valence-corrected chi connectivity index (χ0v) is 26.2. The second kappa shape index (κ2) is 15.5. The number of fused-ring (bicyclic) bond motifs is 1. The quantitative estimate of drug-likeness (QED) is 0.144. The lowest BCUT2D eigenvalue weighted by Gasteiger charge is -2.28. The summed E-state index contributed by atoms with van der Waals surface area (Å²) in [6, 6.07) is 20.7. The Labute approximate surface area is 256 Å². The van der Waals surface area contributed by atoms with E-state index in [1.807, 2.05) is 68.4 Å². The summed E-state index contributed by atoms with van der Waals surface area (Å²) < 4.78 is 4.97. The van der Waals surface area contributed by atoms with Gasteiger partial charge in [-0.1, -0.05) is 102 Å². The van der Waals surface area contributed by atoms with Crippen molar-refractivity contribution in [2.45, 2.75) is 91.1 Å². The molecule has 4 rings (SSSR count). The van der Waals surface area contributed by atoms with E-state index in [9.17, 15) is 14.4 Å². The number of ether oxygens (including phenoxy) is 1. The van der Waals surface area contributed by atoms with Crippen LogP contribution >= 0.6 is 0 Å². The number of rotatable bonds is 15. The number of nitrogens with zero attached hydrogens (tertiary/aromatic N) is 1. The van der Waals surface area contributed by atoms with E-state index in [4.69, 9.17) is 4.74 Å². The highest BCUT2D eigenvalue weighted by Crippen LogP contribution is 2.32. The van der Waals surface area contributed by atoms with Crippen molar-refractivity contribution in [3.05, 3.63) is 89.0 Å². The van der Waals surface area contributed by atoms with Crippen LogP contribution in [0, 0.1) is 5.92 Å². The molecule has 0 saturated heterocycles. The summed E-state index contributed by atoms with van der Waals surface area (Å²) in [4.78, 5) is 40.1. The van der Waals surface area contributed by atoms with Crippen molar-refractivity contribution in [1.29, 1.82) is 0 Å². The van der Waals surface area contributed by atoms with Gasteiger partial charge in [0, 0.05) is 23.4 Å². The fraction of sp³-hybridized carbons (Fsp3) is 0.432. The maximum Gasteiger partial charge on any atom is 0.328 e. The SMILES string of the molecule is CCCCCCCCCCc1ccc(C(=O)Nc2ccc(-c3ccc4c(c3)C(=O)N([C@H](C(=O)OC)C(C)C)C4)cc2)cc1. The highest BCUT2D eigenvalue weighted by atomic mass is 16.5. The third-order valence-electron chi connectivity index (χ3n) is 8.36. The molecule has 0 bridgehead atoms. The Bertz CT molecular complexity index is 1380. The minimum absolute atomic E-state index is 0.0643. The van der Waals surface area contributed by atoms with Crippen LogP contribution < -0.4 is 5.32 Å². The van der Waals surface area contributed by atoms with E-state index in [1.54, 1.807) is 4.90 Å². The average Bonchev–Trinajstić information content (AvgIpc) is 3.33. The lowest BCUT2D eigenvalue weighted by atomic mass is 10.00. The van der Waals surface area contributed by atoms with Gasteiger partial charge in [0.2, 0.25) is 0 Å². The monoisotopic (exact) mass is 582 g/mol. The Kier molecular flexibility index (Phi) is 11.5. The van der Waals surface area contributed by atoms with E-state index >= 15 is 0 Å². The normalized spacial score (nSPS) is 13.2. The summed E-state index contributed by atoms with van der Waals surface area (Å²) in [5, 5.41) is 2.99. The molecule has 3 aromatic rings. The zero-order valence-electron chi connectivity index (χ0n) is 26.2. The highest BCUT2D eigenvalue weighted by Gasteiger charge is 2.38. The number of unbranched alkanes of at least 4 members (excludes halogenated alkanes) is 7. The first-order valence-corrected chi connectivity index (χ1v) is 15.8. The lowest BCUT2D eigenvalue weighted by molar-refractivity contribution is -0.147. The molecule has 6 heteroatoms. The second-order valence-electron chi connectivity index (χ2n) is 12.0. The van der Waals surface area contributed by atoms with Crippen molar-refractivity contribution in [3.63, 3.8) is 0 Å². The van der Waals surface area contributed by atoms with Crippen LogP contribution in [0.3, 0.4) is 0 Å².